The van der Waals surface area contributed by atoms with E-state index in [1.807, 2.05) is 34.6 Å². The highest BCUT2D eigenvalue weighted by Crippen LogP contribution is 2.25. The fourth-order valence-corrected chi connectivity index (χ4v) is 1.64. The van der Waals surface area contributed by atoms with Crippen molar-refractivity contribution >= 4 is 11.8 Å². The van der Waals surface area contributed by atoms with E-state index in [-0.39, 0.29) is 23.1 Å². The van der Waals surface area contributed by atoms with Crippen LogP contribution in [0, 0.1) is 17.3 Å². The van der Waals surface area contributed by atoms with Gasteiger partial charge in [0.05, 0.1) is 6.61 Å². The number of ether oxygens (including phenoxy) is 1. The van der Waals surface area contributed by atoms with Crippen molar-refractivity contribution in [1.82, 2.24) is 0 Å². The van der Waals surface area contributed by atoms with Gasteiger partial charge < -0.3 is 4.74 Å². The number of hydrogen-bond donors (Lipinski definition) is 0. The molecule has 0 heterocycles. The van der Waals surface area contributed by atoms with Gasteiger partial charge >= 0.3 is 5.97 Å². The Morgan fingerprint density at radius 3 is 2.00 bits per heavy atom. The van der Waals surface area contributed by atoms with Crippen LogP contribution in [0.3, 0.4) is 0 Å². The van der Waals surface area contributed by atoms with Crippen LogP contribution in [0.25, 0.3) is 0 Å². The van der Waals surface area contributed by atoms with E-state index in [9.17, 15) is 9.59 Å². The largest absolute Gasteiger partial charge is 0.465 e. The molecule has 0 saturated heterocycles. The van der Waals surface area contributed by atoms with Crippen LogP contribution >= 0.6 is 0 Å². The molecule has 0 spiro atoms. The van der Waals surface area contributed by atoms with Crippen LogP contribution in [-0.2, 0) is 14.3 Å². The molecule has 0 bridgehead atoms. The van der Waals surface area contributed by atoms with Crippen LogP contribution in [0.15, 0.2) is 0 Å². The molecule has 3 nitrogen and oxygen atoms in total. The maximum atomic E-state index is 12.0. The van der Waals surface area contributed by atoms with Crippen LogP contribution < -0.4 is 0 Å². The van der Waals surface area contributed by atoms with Crippen LogP contribution in [-0.4, -0.2) is 18.4 Å². The van der Waals surface area contributed by atoms with Gasteiger partial charge in [0.2, 0.25) is 0 Å². The lowest BCUT2D eigenvalue weighted by molar-refractivity contribution is -0.153. The number of esters is 1. The first kappa shape index (κ1) is 15.1. The third-order valence-electron chi connectivity index (χ3n) is 2.26. The molecule has 3 heteroatoms. The molecule has 94 valence electrons. The highest BCUT2D eigenvalue weighted by molar-refractivity contribution is 5.99. The highest BCUT2D eigenvalue weighted by Gasteiger charge is 2.32. The van der Waals surface area contributed by atoms with E-state index >= 15 is 0 Å². The minimum absolute atomic E-state index is 0.00565. The monoisotopic (exact) mass is 228 g/mol. The summed E-state index contributed by atoms with van der Waals surface area (Å²) in [6.07, 6.45) is 0.411. The van der Waals surface area contributed by atoms with Crippen molar-refractivity contribution in [1.29, 1.82) is 0 Å². The summed E-state index contributed by atoms with van der Waals surface area (Å²) in [5, 5.41) is 0. The Kier molecular flexibility index (Phi) is 5.70. The highest BCUT2D eigenvalue weighted by atomic mass is 16.5. The molecule has 0 aliphatic heterocycles. The number of carbonyl (C=O) groups is 2. The van der Waals surface area contributed by atoms with E-state index in [4.69, 9.17) is 4.74 Å². The zero-order valence-corrected chi connectivity index (χ0v) is 11.3. The first-order valence-electron chi connectivity index (χ1n) is 5.88. The molecule has 0 aliphatic rings. The molecule has 0 rings (SSSR count). The minimum atomic E-state index is -0.612. The Bertz CT molecular complexity index is 248. The van der Waals surface area contributed by atoms with E-state index in [1.165, 1.54) is 0 Å². The van der Waals surface area contributed by atoms with Crippen molar-refractivity contribution in [3.8, 4) is 0 Å². The van der Waals surface area contributed by atoms with Gasteiger partial charge in [-0.05, 0) is 18.3 Å². The molecule has 0 aromatic rings. The van der Waals surface area contributed by atoms with E-state index in [0.29, 0.717) is 13.0 Å². The van der Waals surface area contributed by atoms with Gasteiger partial charge in [-0.2, -0.15) is 0 Å². The zero-order valence-electron chi connectivity index (χ0n) is 11.3. The van der Waals surface area contributed by atoms with Gasteiger partial charge in [-0.15, -0.1) is 0 Å². The molecule has 16 heavy (non-hydrogen) atoms. The number of ketones is 1. The molecular formula is C13H24O3. The van der Waals surface area contributed by atoms with E-state index < -0.39 is 5.92 Å². The smallest absolute Gasteiger partial charge is 0.316 e. The summed E-state index contributed by atoms with van der Waals surface area (Å²) in [4.78, 5) is 23.7. The number of Topliss-reactive ketones (excluding diaryl/α,β-unsaturated/α-hetero) is 1. The summed E-state index contributed by atoms with van der Waals surface area (Å²) in [6.45, 7) is 11.8. The lowest BCUT2D eigenvalue weighted by atomic mass is 9.82. The molecular weight excluding hydrogens is 204 g/mol. The van der Waals surface area contributed by atoms with Crippen LogP contribution in [0.1, 0.15) is 48.0 Å². The van der Waals surface area contributed by atoms with E-state index in [2.05, 4.69) is 0 Å². The summed E-state index contributed by atoms with van der Waals surface area (Å²) in [7, 11) is 0. The fraction of sp³-hybridized carbons (Fsp3) is 0.846. The average Bonchev–Trinajstić information content (AvgIpc) is 1.99. The Hall–Kier alpha value is -0.860. The molecule has 0 radical (unpaired) electrons. The summed E-state index contributed by atoms with van der Waals surface area (Å²) in [6, 6.07) is 0. The second-order valence-electron chi connectivity index (χ2n) is 5.68. The SMILES string of the molecule is CCOC(=O)C(C(=O)CC(C)(C)C)C(C)C. The van der Waals surface area contributed by atoms with Crippen molar-refractivity contribution in [3.63, 3.8) is 0 Å². The molecule has 0 saturated carbocycles. The van der Waals surface area contributed by atoms with Gasteiger partial charge in [-0.25, -0.2) is 0 Å². The minimum Gasteiger partial charge on any atom is -0.465 e. The second kappa shape index (κ2) is 6.02. The predicted octanol–water partition coefficient (Wildman–Crippen LogP) is 2.83. The normalized spacial score (nSPS) is 13.7. The summed E-state index contributed by atoms with van der Waals surface area (Å²) in [5.74, 6) is -1.01. The van der Waals surface area contributed by atoms with Gasteiger partial charge in [0.25, 0.3) is 0 Å². The van der Waals surface area contributed by atoms with Gasteiger partial charge in [-0.3, -0.25) is 9.59 Å². The quantitative estimate of drug-likeness (QED) is 0.537. The second-order valence-corrected chi connectivity index (χ2v) is 5.68. The molecule has 0 N–H and O–H groups in total. The molecule has 1 unspecified atom stereocenters. The van der Waals surface area contributed by atoms with Crippen molar-refractivity contribution in [2.24, 2.45) is 17.3 Å². The lowest BCUT2D eigenvalue weighted by Crippen LogP contribution is -2.32. The average molecular weight is 228 g/mol. The lowest BCUT2D eigenvalue weighted by Gasteiger charge is -2.23. The fourth-order valence-electron chi connectivity index (χ4n) is 1.64. The Balaban J connectivity index is 4.67. The Labute approximate surface area is 98.6 Å². The van der Waals surface area contributed by atoms with Crippen molar-refractivity contribution in [3.05, 3.63) is 0 Å². The van der Waals surface area contributed by atoms with Gasteiger partial charge in [0.1, 0.15) is 11.7 Å². The Morgan fingerprint density at radius 2 is 1.69 bits per heavy atom. The summed E-state index contributed by atoms with van der Waals surface area (Å²) in [5.41, 5.74) is -0.0866. The number of hydrogen-bond acceptors (Lipinski definition) is 3. The van der Waals surface area contributed by atoms with Gasteiger partial charge in [-0.1, -0.05) is 34.6 Å². The van der Waals surface area contributed by atoms with E-state index in [1.54, 1.807) is 6.92 Å². The van der Waals surface area contributed by atoms with Crippen molar-refractivity contribution in [2.45, 2.75) is 48.0 Å². The topological polar surface area (TPSA) is 43.4 Å². The molecule has 1 atom stereocenters. The first-order chi connectivity index (χ1) is 7.19. The summed E-state index contributed by atoms with van der Waals surface area (Å²) < 4.78 is 4.94. The van der Waals surface area contributed by atoms with Crippen LogP contribution in [0.5, 0.6) is 0 Å². The third kappa shape index (κ3) is 5.29. The van der Waals surface area contributed by atoms with Crippen molar-refractivity contribution < 1.29 is 14.3 Å². The van der Waals surface area contributed by atoms with Gasteiger partial charge in [0, 0.05) is 6.42 Å². The van der Waals surface area contributed by atoms with Gasteiger partial charge in [0.15, 0.2) is 0 Å². The molecule has 0 aliphatic carbocycles. The number of carbonyl (C=O) groups excluding carboxylic acids is 2. The molecule has 0 aromatic heterocycles. The maximum Gasteiger partial charge on any atom is 0.316 e. The van der Waals surface area contributed by atoms with E-state index in [0.717, 1.165) is 0 Å². The van der Waals surface area contributed by atoms with Crippen molar-refractivity contribution in [2.75, 3.05) is 6.61 Å². The first-order valence-corrected chi connectivity index (χ1v) is 5.88. The summed E-state index contributed by atoms with van der Waals surface area (Å²) >= 11 is 0. The van der Waals surface area contributed by atoms with Crippen LogP contribution in [0.4, 0.5) is 0 Å². The third-order valence-corrected chi connectivity index (χ3v) is 2.26. The molecule has 0 aromatic carbocycles. The predicted molar refractivity (Wildman–Crippen MR) is 64.0 cm³/mol. The Morgan fingerprint density at radius 1 is 1.19 bits per heavy atom. The molecule has 0 fully saturated rings. The zero-order chi connectivity index (χ0) is 12.9. The van der Waals surface area contributed by atoms with Crippen LogP contribution in [0.2, 0.25) is 0 Å². The standard InChI is InChI=1S/C13H24O3/c1-7-16-12(15)11(9(2)3)10(14)8-13(4,5)6/h9,11H,7-8H2,1-6H3. The molecule has 0 amide bonds. The maximum absolute atomic E-state index is 12.0. The number of rotatable bonds is 5.